The Labute approximate surface area is 180 Å². The summed E-state index contributed by atoms with van der Waals surface area (Å²) in [6.45, 7) is 0. The second-order valence-electron chi connectivity index (χ2n) is 6.63. The van der Waals surface area contributed by atoms with Gasteiger partial charge in [-0.3, -0.25) is 4.79 Å². The Balaban J connectivity index is 1.57. The molecule has 1 saturated heterocycles. The number of rotatable bonds is 4. The fourth-order valence-corrected chi connectivity index (χ4v) is 5.65. The molecule has 158 valence electrons. The number of likely N-dealkylation sites (N-methyl/N-ethyl adjacent to an activating group) is 1. The van der Waals surface area contributed by atoms with E-state index in [0.717, 1.165) is 20.1 Å². The predicted octanol–water partition coefficient (Wildman–Crippen LogP) is 3.41. The summed E-state index contributed by atoms with van der Waals surface area (Å²) in [6, 6.07) is 5.78. The fourth-order valence-electron chi connectivity index (χ4n) is 3.11. The van der Waals surface area contributed by atoms with Crippen LogP contribution in [0, 0.1) is 5.82 Å². The molecule has 1 aromatic carbocycles. The Hall–Kier alpha value is -2.31. The molecule has 3 aromatic rings. The molecule has 1 amide bonds. The molecule has 0 spiro atoms. The minimum absolute atomic E-state index is 0.143. The number of anilines is 1. The molecule has 0 saturated carbocycles. The van der Waals surface area contributed by atoms with E-state index in [4.69, 9.17) is 16.0 Å². The summed E-state index contributed by atoms with van der Waals surface area (Å²) < 4.78 is 47.4. The maximum Gasteiger partial charge on any atom is 0.280 e. The van der Waals surface area contributed by atoms with Crippen LogP contribution < -0.4 is 10.0 Å². The molecule has 2 N–H and O–H groups in total. The average Bonchev–Trinajstić information content (AvgIpc) is 3.38. The molecule has 0 aliphatic carbocycles. The Morgan fingerprint density at radius 3 is 2.90 bits per heavy atom. The molecule has 4 rings (SSSR count). The van der Waals surface area contributed by atoms with Crippen LogP contribution in [0.2, 0.25) is 5.02 Å². The molecule has 0 bridgehead atoms. The Bertz CT molecular complexity index is 1180. The highest BCUT2D eigenvalue weighted by Gasteiger charge is 2.41. The Morgan fingerprint density at radius 2 is 2.20 bits per heavy atom. The maximum absolute atomic E-state index is 13.3. The number of oxazole rings is 1. The lowest BCUT2D eigenvalue weighted by Crippen LogP contribution is -2.55. The van der Waals surface area contributed by atoms with Crippen LogP contribution in [0.5, 0.6) is 0 Å². The zero-order valence-electron chi connectivity index (χ0n) is 15.5. The first-order chi connectivity index (χ1) is 14.2. The van der Waals surface area contributed by atoms with Gasteiger partial charge in [0.2, 0.25) is 5.91 Å². The van der Waals surface area contributed by atoms with E-state index in [1.165, 1.54) is 36.9 Å². The third-order valence-electron chi connectivity index (χ3n) is 4.70. The third-order valence-corrected chi connectivity index (χ3v) is 7.80. The van der Waals surface area contributed by atoms with Gasteiger partial charge in [-0.05, 0) is 36.8 Å². The van der Waals surface area contributed by atoms with Gasteiger partial charge in [0.15, 0.2) is 12.2 Å². The maximum atomic E-state index is 13.3. The molecular weight excluding hydrogens is 455 g/mol. The predicted molar refractivity (Wildman–Crippen MR) is 111 cm³/mol. The molecule has 0 radical (unpaired) electrons. The van der Waals surface area contributed by atoms with Crippen molar-refractivity contribution in [1.82, 2.24) is 14.0 Å². The van der Waals surface area contributed by atoms with Crippen molar-refractivity contribution in [3.63, 3.8) is 0 Å². The molecule has 3 heterocycles. The van der Waals surface area contributed by atoms with E-state index in [-0.39, 0.29) is 17.1 Å². The van der Waals surface area contributed by atoms with E-state index >= 15 is 0 Å². The average molecular weight is 471 g/mol. The van der Waals surface area contributed by atoms with Crippen LogP contribution in [-0.4, -0.2) is 36.7 Å². The summed E-state index contributed by atoms with van der Waals surface area (Å²) >= 11 is 7.10. The fraction of sp³-hybridized carbons (Fsp3) is 0.222. The number of amides is 1. The lowest BCUT2D eigenvalue weighted by molar-refractivity contribution is -0.120. The standard InChI is InChI=1S/C18H16ClFN4O4S2/c1-24-14(18(25)22-10-2-3-12(20)11(19)6-10)7-13(23-30(24,26)27)16-4-5-17(29-16)15-8-21-9-28-15/h2-6,8-9,13-14,23H,7H2,1H3,(H,22,25). The van der Waals surface area contributed by atoms with E-state index in [0.29, 0.717) is 5.76 Å². The second-order valence-corrected chi connectivity index (χ2v) is 9.91. The monoisotopic (exact) mass is 470 g/mol. The Morgan fingerprint density at radius 1 is 1.40 bits per heavy atom. The van der Waals surface area contributed by atoms with Crippen molar-refractivity contribution in [1.29, 1.82) is 0 Å². The minimum atomic E-state index is -3.90. The highest BCUT2D eigenvalue weighted by Crippen LogP contribution is 2.36. The van der Waals surface area contributed by atoms with Crippen LogP contribution in [0.15, 0.2) is 47.3 Å². The van der Waals surface area contributed by atoms with Crippen LogP contribution in [0.25, 0.3) is 10.6 Å². The molecule has 2 atom stereocenters. The number of carbonyl (C=O) groups excluding carboxylic acids is 1. The number of thiophene rings is 1. The quantitative estimate of drug-likeness (QED) is 0.608. The highest BCUT2D eigenvalue weighted by atomic mass is 35.5. The molecule has 1 aliphatic heterocycles. The Kier molecular flexibility index (Phi) is 5.64. The number of halogens is 2. The molecule has 12 heteroatoms. The van der Waals surface area contributed by atoms with Crippen molar-refractivity contribution < 1.29 is 22.0 Å². The zero-order valence-corrected chi connectivity index (χ0v) is 17.9. The molecule has 2 unspecified atom stereocenters. The van der Waals surface area contributed by atoms with Crippen LogP contribution in [0.4, 0.5) is 10.1 Å². The summed E-state index contributed by atoms with van der Waals surface area (Å²) in [5, 5.41) is 2.46. The molecule has 30 heavy (non-hydrogen) atoms. The van der Waals surface area contributed by atoms with Crippen LogP contribution >= 0.6 is 22.9 Å². The van der Waals surface area contributed by atoms with Crippen molar-refractivity contribution in [2.24, 2.45) is 0 Å². The summed E-state index contributed by atoms with van der Waals surface area (Å²) in [7, 11) is -2.57. The van der Waals surface area contributed by atoms with Gasteiger partial charge < -0.3 is 9.73 Å². The molecule has 1 aliphatic rings. The zero-order chi connectivity index (χ0) is 21.5. The van der Waals surface area contributed by atoms with Gasteiger partial charge in [0.25, 0.3) is 10.2 Å². The number of nitrogens with zero attached hydrogens (tertiary/aromatic N) is 2. The molecule has 1 fully saturated rings. The topological polar surface area (TPSA) is 105 Å². The van der Waals surface area contributed by atoms with E-state index in [2.05, 4.69) is 15.0 Å². The summed E-state index contributed by atoms with van der Waals surface area (Å²) in [6.07, 6.45) is 3.08. The first-order valence-electron chi connectivity index (χ1n) is 8.74. The van der Waals surface area contributed by atoms with Gasteiger partial charge in [-0.25, -0.2) is 9.37 Å². The third kappa shape index (κ3) is 4.12. The molecule has 2 aromatic heterocycles. The van der Waals surface area contributed by atoms with Gasteiger partial charge in [-0.15, -0.1) is 11.3 Å². The SMILES string of the molecule is CN1C(C(=O)Nc2ccc(F)c(Cl)c2)CC(c2ccc(-c3cnco3)s2)NS1(=O)=O. The van der Waals surface area contributed by atoms with Crippen molar-refractivity contribution in [2.75, 3.05) is 12.4 Å². The van der Waals surface area contributed by atoms with Gasteiger partial charge in [0.05, 0.1) is 22.1 Å². The van der Waals surface area contributed by atoms with Crippen molar-refractivity contribution >= 4 is 44.7 Å². The summed E-state index contributed by atoms with van der Waals surface area (Å²) in [4.78, 5) is 18.2. The number of hydrogen-bond acceptors (Lipinski definition) is 6. The molecule has 8 nitrogen and oxygen atoms in total. The lowest BCUT2D eigenvalue weighted by Gasteiger charge is -2.35. The number of aromatic nitrogens is 1. The highest BCUT2D eigenvalue weighted by molar-refractivity contribution is 7.87. The van der Waals surface area contributed by atoms with Gasteiger partial charge in [0.1, 0.15) is 11.9 Å². The van der Waals surface area contributed by atoms with Crippen LogP contribution in [0.3, 0.4) is 0 Å². The summed E-state index contributed by atoms with van der Waals surface area (Å²) in [5.74, 6) is -0.580. The minimum Gasteiger partial charge on any atom is -0.443 e. The number of benzene rings is 1. The number of carbonyl (C=O) groups is 1. The van der Waals surface area contributed by atoms with Gasteiger partial charge in [0, 0.05) is 17.6 Å². The van der Waals surface area contributed by atoms with Gasteiger partial charge in [-0.2, -0.15) is 17.4 Å². The summed E-state index contributed by atoms with van der Waals surface area (Å²) in [5.41, 5.74) is 0.274. The van der Waals surface area contributed by atoms with Crippen molar-refractivity contribution in [3.8, 4) is 10.6 Å². The first kappa shape index (κ1) is 20.9. The second kappa shape index (κ2) is 8.08. The first-order valence-corrected chi connectivity index (χ1v) is 11.4. The van der Waals surface area contributed by atoms with Gasteiger partial charge in [-0.1, -0.05) is 11.6 Å². The largest absolute Gasteiger partial charge is 0.443 e. The van der Waals surface area contributed by atoms with Gasteiger partial charge >= 0.3 is 0 Å². The van der Waals surface area contributed by atoms with E-state index in [9.17, 15) is 17.6 Å². The van der Waals surface area contributed by atoms with E-state index in [1.807, 2.05) is 6.07 Å². The number of hydrogen-bond donors (Lipinski definition) is 2. The van der Waals surface area contributed by atoms with Crippen molar-refractivity contribution in [2.45, 2.75) is 18.5 Å². The van der Waals surface area contributed by atoms with E-state index in [1.54, 1.807) is 12.3 Å². The number of nitrogens with one attached hydrogen (secondary N) is 2. The van der Waals surface area contributed by atoms with Crippen molar-refractivity contribution in [3.05, 3.63) is 58.6 Å². The molecular formula is C18H16ClFN4O4S2. The smallest absolute Gasteiger partial charge is 0.280 e. The van der Waals surface area contributed by atoms with Crippen LogP contribution in [-0.2, 0) is 15.0 Å². The normalized spacial score (nSPS) is 21.4. The van der Waals surface area contributed by atoms with E-state index < -0.39 is 34.0 Å². The van der Waals surface area contributed by atoms with Crippen LogP contribution in [0.1, 0.15) is 17.3 Å². The lowest BCUT2D eigenvalue weighted by atomic mass is 10.1.